The fourth-order valence-electron chi connectivity index (χ4n) is 3.93. The molecule has 2 aromatic rings. The summed E-state index contributed by atoms with van der Waals surface area (Å²) in [7, 11) is 0. The summed E-state index contributed by atoms with van der Waals surface area (Å²) in [5.74, 6) is -2.26. The van der Waals surface area contributed by atoms with Gasteiger partial charge in [-0.25, -0.2) is 9.48 Å². The second kappa shape index (κ2) is 9.60. The Balaban J connectivity index is 1.61. The molecule has 1 atom stereocenters. The van der Waals surface area contributed by atoms with Gasteiger partial charge in [-0.15, -0.1) is 0 Å². The van der Waals surface area contributed by atoms with E-state index in [4.69, 9.17) is 14.2 Å². The monoisotopic (exact) mass is 454 g/mol. The Bertz CT molecular complexity index is 1140. The molecule has 1 aliphatic heterocycles. The third kappa shape index (κ3) is 4.84. The number of hydrogen-bond donors (Lipinski definition) is 2. The zero-order valence-electron chi connectivity index (χ0n) is 18.3. The first-order valence-electron chi connectivity index (χ1n) is 11.0. The summed E-state index contributed by atoms with van der Waals surface area (Å²) in [5, 5.41) is 13.2. The van der Waals surface area contributed by atoms with E-state index in [9.17, 15) is 19.5 Å². The molecule has 2 fully saturated rings. The molecule has 1 unspecified atom stereocenters. The van der Waals surface area contributed by atoms with E-state index in [2.05, 4.69) is 5.10 Å². The Kier molecular flexibility index (Phi) is 6.62. The number of para-hydroxylation sites is 1. The second-order valence-corrected chi connectivity index (χ2v) is 7.97. The molecule has 4 rings (SSSR count). The lowest BCUT2D eigenvalue weighted by Crippen LogP contribution is -2.49. The molecule has 9 heteroatoms. The van der Waals surface area contributed by atoms with E-state index in [-0.39, 0.29) is 23.4 Å². The number of carbonyl (C=O) groups is 2. The summed E-state index contributed by atoms with van der Waals surface area (Å²) in [6, 6.07) is 8.82. The van der Waals surface area contributed by atoms with Gasteiger partial charge >= 0.3 is 11.9 Å². The van der Waals surface area contributed by atoms with Gasteiger partial charge < -0.3 is 19.3 Å². The molecule has 174 valence electrons. The zero-order valence-corrected chi connectivity index (χ0v) is 18.3. The number of benzene rings is 1. The van der Waals surface area contributed by atoms with Gasteiger partial charge in [0.15, 0.2) is 6.29 Å². The first kappa shape index (κ1) is 22.8. The highest BCUT2D eigenvalue weighted by Crippen LogP contribution is 2.38. The number of nitrogens with one attached hydrogen (secondary N) is 1. The summed E-state index contributed by atoms with van der Waals surface area (Å²) in [5.41, 5.74) is 0.125. The van der Waals surface area contributed by atoms with E-state index in [0.717, 1.165) is 19.3 Å². The molecule has 33 heavy (non-hydrogen) atoms. The molecule has 2 heterocycles. The molecule has 1 spiro atoms. The average Bonchev–Trinajstić information content (AvgIpc) is 3.11. The lowest BCUT2D eigenvalue weighted by molar-refractivity contribution is -0.305. The van der Waals surface area contributed by atoms with E-state index >= 15 is 0 Å². The Morgan fingerprint density at radius 1 is 1.24 bits per heavy atom. The highest BCUT2D eigenvalue weighted by Gasteiger charge is 2.45. The van der Waals surface area contributed by atoms with Gasteiger partial charge in [0.05, 0.1) is 11.3 Å². The van der Waals surface area contributed by atoms with Crippen molar-refractivity contribution in [1.82, 2.24) is 9.78 Å². The predicted octanol–water partition coefficient (Wildman–Crippen LogP) is 2.97. The molecule has 0 radical (unpaired) electrons. The minimum atomic E-state index is -1.43. The summed E-state index contributed by atoms with van der Waals surface area (Å²) in [6.07, 6.45) is 6.68. The van der Waals surface area contributed by atoms with Crippen LogP contribution < -0.4 is 10.3 Å². The number of aromatic nitrogens is 2. The number of carbonyl (C=O) groups excluding carboxylic acids is 2. The summed E-state index contributed by atoms with van der Waals surface area (Å²) in [6.45, 7) is 1.64. The molecule has 0 bridgehead atoms. The number of allylic oxidation sites excluding steroid dienone is 2. The van der Waals surface area contributed by atoms with Crippen molar-refractivity contribution in [2.24, 2.45) is 0 Å². The van der Waals surface area contributed by atoms with Crippen LogP contribution in [0, 0.1) is 0 Å². The van der Waals surface area contributed by atoms with Crippen LogP contribution in [0.25, 0.3) is 11.8 Å². The van der Waals surface area contributed by atoms with Gasteiger partial charge in [0.1, 0.15) is 5.56 Å². The van der Waals surface area contributed by atoms with Crippen molar-refractivity contribution in [3.63, 3.8) is 0 Å². The quantitative estimate of drug-likeness (QED) is 0.526. The van der Waals surface area contributed by atoms with Gasteiger partial charge in [0.25, 0.3) is 5.56 Å². The molecule has 1 aromatic carbocycles. The van der Waals surface area contributed by atoms with Gasteiger partial charge in [-0.05, 0) is 37.1 Å². The Hall–Kier alpha value is -3.43. The van der Waals surface area contributed by atoms with Crippen molar-refractivity contribution >= 4 is 18.0 Å². The van der Waals surface area contributed by atoms with Crippen molar-refractivity contribution < 1.29 is 28.9 Å². The molecule has 1 aliphatic carbocycles. The standard InChI is InChI=1S/C24H26N2O7/c1-2-19(27)31-20-17(21(28)26(25-20)16-10-5-3-6-11-16)12-9-13-18-22(29)32-24(33-23(18)30)14-7-4-8-15-24/h3,5-6,9-13,22,25,29H,2,4,7-8,14-15H2,1H3/b12-9+,18-13+. The molecule has 2 aliphatic rings. The lowest BCUT2D eigenvalue weighted by Gasteiger charge is -2.41. The molecule has 0 amide bonds. The Labute approximate surface area is 190 Å². The van der Waals surface area contributed by atoms with Crippen molar-refractivity contribution in [3.8, 4) is 11.6 Å². The van der Waals surface area contributed by atoms with Crippen molar-refractivity contribution in [2.75, 3.05) is 0 Å². The van der Waals surface area contributed by atoms with Crippen LogP contribution in [0.5, 0.6) is 5.88 Å². The van der Waals surface area contributed by atoms with E-state index in [1.807, 2.05) is 6.07 Å². The van der Waals surface area contributed by atoms with Crippen LogP contribution >= 0.6 is 0 Å². The first-order chi connectivity index (χ1) is 15.9. The molecular formula is C24H26N2O7. The van der Waals surface area contributed by atoms with Gasteiger partial charge in [-0.2, -0.15) is 0 Å². The maximum atomic E-state index is 13.0. The normalized spacial score (nSPS) is 21.5. The third-order valence-corrected chi connectivity index (χ3v) is 5.67. The number of ether oxygens (including phenoxy) is 3. The SMILES string of the molecule is CCC(=O)Oc1[nH]n(-c2ccccc2)c(=O)c1/C=C/C=C1/C(=O)OC2(CCCCC2)OC1O. The average molecular weight is 454 g/mol. The Morgan fingerprint density at radius 3 is 2.64 bits per heavy atom. The van der Waals surface area contributed by atoms with Crippen LogP contribution in [-0.4, -0.2) is 38.9 Å². The van der Waals surface area contributed by atoms with E-state index < -0.39 is 29.6 Å². The summed E-state index contributed by atoms with van der Waals surface area (Å²) in [4.78, 5) is 37.3. The van der Waals surface area contributed by atoms with Crippen molar-refractivity contribution in [3.05, 3.63) is 64.0 Å². The number of H-pyrrole nitrogens is 1. The van der Waals surface area contributed by atoms with Gasteiger partial charge in [-0.1, -0.05) is 37.6 Å². The number of nitrogens with zero attached hydrogens (tertiary/aromatic N) is 1. The van der Waals surface area contributed by atoms with E-state index in [0.29, 0.717) is 18.5 Å². The van der Waals surface area contributed by atoms with Crippen LogP contribution in [0.15, 0.2) is 52.9 Å². The predicted molar refractivity (Wildman–Crippen MR) is 118 cm³/mol. The Morgan fingerprint density at radius 2 is 1.97 bits per heavy atom. The molecule has 9 nitrogen and oxygen atoms in total. The highest BCUT2D eigenvalue weighted by atomic mass is 16.8. The number of aromatic amines is 1. The number of esters is 2. The minimum absolute atomic E-state index is 0.0190. The maximum absolute atomic E-state index is 13.0. The fourth-order valence-corrected chi connectivity index (χ4v) is 3.93. The molecule has 1 saturated carbocycles. The topological polar surface area (TPSA) is 120 Å². The number of hydrogen-bond acceptors (Lipinski definition) is 7. The van der Waals surface area contributed by atoms with Crippen LogP contribution in [-0.2, 0) is 19.1 Å². The number of aliphatic hydroxyl groups excluding tert-OH is 1. The molecule has 1 aromatic heterocycles. The van der Waals surface area contributed by atoms with E-state index in [1.54, 1.807) is 31.2 Å². The lowest BCUT2D eigenvalue weighted by atomic mass is 9.93. The summed E-state index contributed by atoms with van der Waals surface area (Å²) >= 11 is 0. The number of aliphatic hydroxyl groups is 1. The van der Waals surface area contributed by atoms with Crippen LogP contribution in [0.3, 0.4) is 0 Å². The third-order valence-electron chi connectivity index (χ3n) is 5.67. The van der Waals surface area contributed by atoms with Gasteiger partial charge in [0, 0.05) is 19.3 Å². The summed E-state index contributed by atoms with van der Waals surface area (Å²) < 4.78 is 17.7. The smallest absolute Gasteiger partial charge is 0.341 e. The molecular weight excluding hydrogens is 428 g/mol. The largest absolute Gasteiger partial charge is 0.429 e. The maximum Gasteiger partial charge on any atom is 0.341 e. The van der Waals surface area contributed by atoms with Crippen LogP contribution in [0.1, 0.15) is 51.0 Å². The van der Waals surface area contributed by atoms with E-state index in [1.165, 1.54) is 22.9 Å². The van der Waals surface area contributed by atoms with Crippen molar-refractivity contribution in [1.29, 1.82) is 0 Å². The van der Waals surface area contributed by atoms with Gasteiger partial charge in [-0.3, -0.25) is 14.7 Å². The van der Waals surface area contributed by atoms with Gasteiger partial charge in [0.2, 0.25) is 11.7 Å². The number of rotatable bonds is 5. The molecule has 2 N–H and O–H groups in total. The van der Waals surface area contributed by atoms with Crippen LogP contribution in [0.2, 0.25) is 0 Å². The zero-order chi connectivity index (χ0) is 23.4. The molecule has 1 saturated heterocycles. The van der Waals surface area contributed by atoms with Crippen LogP contribution in [0.4, 0.5) is 0 Å². The highest BCUT2D eigenvalue weighted by molar-refractivity contribution is 5.90. The minimum Gasteiger partial charge on any atom is -0.429 e. The first-order valence-corrected chi connectivity index (χ1v) is 11.0. The van der Waals surface area contributed by atoms with Crippen molar-refractivity contribution in [2.45, 2.75) is 57.5 Å². The fraction of sp³-hybridized carbons (Fsp3) is 0.375. The second-order valence-electron chi connectivity index (χ2n) is 7.97.